The fraction of sp³-hybridized carbons (Fsp3) is 0.632. The molecule has 0 unspecified atom stereocenters. The molecule has 1 heterocycles. The Morgan fingerprint density at radius 1 is 1.23 bits per heavy atom. The lowest BCUT2D eigenvalue weighted by Gasteiger charge is -2.31. The number of benzene rings is 1. The Hall–Kier alpha value is -1.08. The number of sulfonamides is 1. The van der Waals surface area contributed by atoms with E-state index in [0.717, 1.165) is 11.5 Å². The molecule has 1 aromatic rings. The van der Waals surface area contributed by atoms with Gasteiger partial charge in [0.15, 0.2) is 5.96 Å². The zero-order valence-corrected chi connectivity index (χ0v) is 20.6. The molecule has 0 aliphatic carbocycles. The van der Waals surface area contributed by atoms with E-state index in [1.165, 1.54) is 5.56 Å². The van der Waals surface area contributed by atoms with E-state index in [1.54, 1.807) is 0 Å². The quantitative estimate of drug-likeness (QED) is 0.327. The van der Waals surface area contributed by atoms with Crippen LogP contribution < -0.4 is 5.32 Å². The molecule has 172 valence electrons. The summed E-state index contributed by atoms with van der Waals surface area (Å²) >= 11 is 0. The number of aryl methyl sites for hydroxylation is 1. The number of guanidine groups is 1. The van der Waals surface area contributed by atoms with Crippen LogP contribution in [0, 0.1) is 12.8 Å². The highest BCUT2D eigenvalue weighted by atomic mass is 127. The van der Waals surface area contributed by atoms with E-state index in [0.29, 0.717) is 36.8 Å². The highest BCUT2D eigenvalue weighted by molar-refractivity contribution is 14.0. The van der Waals surface area contributed by atoms with Gasteiger partial charge in [-0.05, 0) is 38.2 Å². The Bertz CT molecular complexity index is 793. The van der Waals surface area contributed by atoms with Gasteiger partial charge in [0.05, 0.1) is 0 Å². The molecule has 1 fully saturated rings. The molecule has 1 aromatic carbocycles. The van der Waals surface area contributed by atoms with Gasteiger partial charge in [0, 0.05) is 39.8 Å². The Morgan fingerprint density at radius 3 is 2.30 bits per heavy atom. The first-order valence-corrected chi connectivity index (χ1v) is 11.1. The Morgan fingerprint density at radius 2 is 1.80 bits per heavy atom. The van der Waals surface area contributed by atoms with Crippen molar-refractivity contribution in [3.8, 4) is 0 Å². The SMILES string of the molecule is CCNC(=NCC1CCN(S(=O)(=O)C(F)(F)F)CC1)N(C)Cc1ccc(C)cc1.I. The summed E-state index contributed by atoms with van der Waals surface area (Å²) in [7, 11) is -3.31. The molecule has 0 saturated carbocycles. The lowest BCUT2D eigenvalue weighted by atomic mass is 9.98. The summed E-state index contributed by atoms with van der Waals surface area (Å²) in [5, 5.41) is 3.23. The number of nitrogens with one attached hydrogen (secondary N) is 1. The van der Waals surface area contributed by atoms with Crippen LogP contribution in [0.3, 0.4) is 0 Å². The maximum absolute atomic E-state index is 12.7. The molecule has 1 aliphatic rings. The van der Waals surface area contributed by atoms with Gasteiger partial charge in [0.25, 0.3) is 0 Å². The van der Waals surface area contributed by atoms with Crippen LogP contribution in [-0.2, 0) is 16.6 Å². The molecular weight excluding hydrogens is 532 g/mol. The van der Waals surface area contributed by atoms with Crippen molar-refractivity contribution in [2.45, 2.75) is 38.7 Å². The molecule has 0 radical (unpaired) electrons. The van der Waals surface area contributed by atoms with E-state index in [2.05, 4.69) is 34.6 Å². The first-order chi connectivity index (χ1) is 13.5. The predicted molar refractivity (Wildman–Crippen MR) is 123 cm³/mol. The molecular formula is C19H30F3IN4O2S. The molecule has 6 nitrogen and oxygen atoms in total. The van der Waals surface area contributed by atoms with Crippen LogP contribution in [0.5, 0.6) is 0 Å². The van der Waals surface area contributed by atoms with Gasteiger partial charge in [-0.25, -0.2) is 8.42 Å². The van der Waals surface area contributed by atoms with Crippen LogP contribution in [0.2, 0.25) is 0 Å². The maximum atomic E-state index is 12.7. The fourth-order valence-electron chi connectivity index (χ4n) is 3.21. The van der Waals surface area contributed by atoms with Gasteiger partial charge in [-0.3, -0.25) is 4.99 Å². The third kappa shape index (κ3) is 7.26. The topological polar surface area (TPSA) is 65.0 Å². The second kappa shape index (κ2) is 11.5. The summed E-state index contributed by atoms with van der Waals surface area (Å²) in [5.74, 6) is 0.773. The van der Waals surface area contributed by atoms with E-state index in [4.69, 9.17) is 0 Å². The number of hydrogen-bond acceptors (Lipinski definition) is 3. The van der Waals surface area contributed by atoms with E-state index in [-0.39, 0.29) is 43.0 Å². The summed E-state index contributed by atoms with van der Waals surface area (Å²) in [6, 6.07) is 8.23. The third-order valence-electron chi connectivity index (χ3n) is 4.94. The molecule has 1 saturated heterocycles. The van der Waals surface area contributed by atoms with Gasteiger partial charge < -0.3 is 10.2 Å². The maximum Gasteiger partial charge on any atom is 0.511 e. The largest absolute Gasteiger partial charge is 0.511 e. The predicted octanol–water partition coefficient (Wildman–Crippen LogP) is 3.57. The van der Waals surface area contributed by atoms with Crippen LogP contribution in [0.25, 0.3) is 0 Å². The van der Waals surface area contributed by atoms with Gasteiger partial charge in [-0.1, -0.05) is 29.8 Å². The Kier molecular flexibility index (Phi) is 10.3. The zero-order chi connectivity index (χ0) is 21.7. The lowest BCUT2D eigenvalue weighted by molar-refractivity contribution is -0.0496. The third-order valence-corrected chi connectivity index (χ3v) is 6.57. The molecule has 0 amide bonds. The van der Waals surface area contributed by atoms with Crippen molar-refractivity contribution >= 4 is 40.0 Å². The summed E-state index contributed by atoms with van der Waals surface area (Å²) in [6.07, 6.45) is 0.722. The summed E-state index contributed by atoms with van der Waals surface area (Å²) in [4.78, 5) is 6.63. The minimum atomic E-state index is -5.24. The molecule has 1 aliphatic heterocycles. The van der Waals surface area contributed by atoms with Crippen molar-refractivity contribution < 1.29 is 21.6 Å². The highest BCUT2D eigenvalue weighted by Crippen LogP contribution is 2.30. The average Bonchev–Trinajstić information content (AvgIpc) is 2.66. The molecule has 0 aromatic heterocycles. The molecule has 2 rings (SSSR count). The van der Waals surface area contributed by atoms with Crippen molar-refractivity contribution in [2.75, 3.05) is 33.2 Å². The van der Waals surface area contributed by atoms with Crippen molar-refractivity contribution in [3.63, 3.8) is 0 Å². The van der Waals surface area contributed by atoms with E-state index in [9.17, 15) is 21.6 Å². The number of aliphatic imine (C=N–C) groups is 1. The van der Waals surface area contributed by atoms with Gasteiger partial charge in [-0.2, -0.15) is 17.5 Å². The number of piperidine rings is 1. The minimum absolute atomic E-state index is 0. The van der Waals surface area contributed by atoms with Crippen molar-refractivity contribution in [1.82, 2.24) is 14.5 Å². The standard InChI is InChI=1S/C19H29F3N4O2S.HI/c1-4-23-18(25(3)14-17-7-5-15(2)6-8-17)24-13-16-9-11-26(12-10-16)29(27,28)19(20,21)22;/h5-8,16H,4,9-14H2,1-3H3,(H,23,24);1H. The highest BCUT2D eigenvalue weighted by Gasteiger charge is 2.50. The van der Waals surface area contributed by atoms with Crippen LogP contribution in [0.1, 0.15) is 30.9 Å². The van der Waals surface area contributed by atoms with Crippen LogP contribution in [0.4, 0.5) is 13.2 Å². The number of halogens is 4. The monoisotopic (exact) mass is 562 g/mol. The van der Waals surface area contributed by atoms with E-state index in [1.807, 2.05) is 25.8 Å². The lowest BCUT2D eigenvalue weighted by Crippen LogP contribution is -2.45. The average molecular weight is 562 g/mol. The first-order valence-electron chi connectivity index (χ1n) is 9.66. The molecule has 0 bridgehead atoms. The Labute approximate surface area is 194 Å². The summed E-state index contributed by atoms with van der Waals surface area (Å²) in [6.45, 7) is 5.56. The summed E-state index contributed by atoms with van der Waals surface area (Å²) < 4.78 is 61.6. The van der Waals surface area contributed by atoms with Crippen LogP contribution in [0.15, 0.2) is 29.3 Å². The second-order valence-corrected chi connectivity index (χ2v) is 9.26. The molecule has 30 heavy (non-hydrogen) atoms. The van der Waals surface area contributed by atoms with Gasteiger partial charge >= 0.3 is 15.5 Å². The molecule has 1 N–H and O–H groups in total. The zero-order valence-electron chi connectivity index (χ0n) is 17.4. The molecule has 11 heteroatoms. The Balaban J connectivity index is 0.00000450. The summed E-state index contributed by atoms with van der Waals surface area (Å²) in [5.41, 5.74) is -2.90. The van der Waals surface area contributed by atoms with Gasteiger partial charge in [0.1, 0.15) is 0 Å². The number of nitrogens with zero attached hydrogens (tertiary/aromatic N) is 3. The number of rotatable bonds is 6. The molecule has 0 spiro atoms. The normalized spacial score (nSPS) is 16.8. The second-order valence-electron chi connectivity index (χ2n) is 7.33. The van der Waals surface area contributed by atoms with Crippen molar-refractivity contribution in [1.29, 1.82) is 0 Å². The van der Waals surface area contributed by atoms with Gasteiger partial charge in [-0.15, -0.1) is 24.0 Å². The van der Waals surface area contributed by atoms with Crippen LogP contribution in [-0.4, -0.2) is 62.3 Å². The fourth-order valence-corrected chi connectivity index (χ4v) is 4.19. The van der Waals surface area contributed by atoms with Gasteiger partial charge in [0.2, 0.25) is 0 Å². The minimum Gasteiger partial charge on any atom is -0.357 e. The van der Waals surface area contributed by atoms with E-state index < -0.39 is 15.5 Å². The molecule has 0 atom stereocenters. The number of hydrogen-bond donors (Lipinski definition) is 1. The number of alkyl halides is 3. The van der Waals surface area contributed by atoms with Crippen molar-refractivity contribution in [2.24, 2.45) is 10.9 Å². The first kappa shape index (κ1) is 27.0. The van der Waals surface area contributed by atoms with Crippen LogP contribution >= 0.6 is 24.0 Å². The smallest absolute Gasteiger partial charge is 0.357 e. The van der Waals surface area contributed by atoms with E-state index >= 15 is 0 Å². The van der Waals surface area contributed by atoms with Crippen molar-refractivity contribution in [3.05, 3.63) is 35.4 Å².